The number of nitrogen functional groups attached to an aromatic ring is 1. The van der Waals surface area contributed by atoms with Gasteiger partial charge in [0.05, 0.1) is 6.42 Å². The van der Waals surface area contributed by atoms with Gasteiger partial charge in [-0.25, -0.2) is 0 Å². The smallest absolute Gasteiger partial charge is 0.311 e. The molecule has 0 aromatic heterocycles. The molecule has 0 aliphatic carbocycles. The summed E-state index contributed by atoms with van der Waals surface area (Å²) < 4.78 is 5.12. The van der Waals surface area contributed by atoms with Crippen molar-refractivity contribution >= 4 is 17.6 Å². The summed E-state index contributed by atoms with van der Waals surface area (Å²) in [4.78, 5) is 23.6. The average Bonchev–Trinajstić information content (AvgIpc) is 2.40. The minimum atomic E-state index is -0.797. The van der Waals surface area contributed by atoms with E-state index in [1.54, 1.807) is 31.2 Å². The van der Waals surface area contributed by atoms with Crippen LogP contribution >= 0.6 is 0 Å². The van der Waals surface area contributed by atoms with Gasteiger partial charge in [-0.05, 0) is 30.9 Å². The van der Waals surface area contributed by atoms with Crippen LogP contribution in [-0.4, -0.2) is 24.5 Å². The molecule has 0 aliphatic rings. The van der Waals surface area contributed by atoms with Crippen LogP contribution < -0.4 is 11.1 Å². The van der Waals surface area contributed by atoms with E-state index in [0.717, 1.165) is 6.42 Å². The lowest BCUT2D eigenvalue weighted by Crippen LogP contribution is -2.37. The van der Waals surface area contributed by atoms with Crippen LogP contribution in [0.2, 0.25) is 0 Å². The van der Waals surface area contributed by atoms with Crippen molar-refractivity contribution in [3.63, 3.8) is 0 Å². The van der Waals surface area contributed by atoms with Gasteiger partial charge in [-0.3, -0.25) is 9.59 Å². The van der Waals surface area contributed by atoms with E-state index in [-0.39, 0.29) is 12.3 Å². The van der Waals surface area contributed by atoms with E-state index in [2.05, 4.69) is 19.2 Å². The highest BCUT2D eigenvalue weighted by atomic mass is 16.5. The largest absolute Gasteiger partial charge is 0.452 e. The third-order valence-electron chi connectivity index (χ3n) is 3.09. The van der Waals surface area contributed by atoms with Crippen molar-refractivity contribution in [2.75, 3.05) is 12.3 Å². The van der Waals surface area contributed by atoms with Gasteiger partial charge in [-0.1, -0.05) is 32.0 Å². The molecule has 0 bridgehead atoms. The van der Waals surface area contributed by atoms with Crippen LogP contribution in [0.4, 0.5) is 5.69 Å². The van der Waals surface area contributed by atoms with Gasteiger partial charge in [0, 0.05) is 12.2 Å². The molecule has 3 N–H and O–H groups in total. The fourth-order valence-electron chi connectivity index (χ4n) is 1.77. The molecule has 5 nitrogen and oxygen atoms in total. The second-order valence-electron chi connectivity index (χ2n) is 5.48. The molecular formula is C16H24N2O3. The number of hydrogen-bond donors (Lipinski definition) is 2. The van der Waals surface area contributed by atoms with Crippen molar-refractivity contribution in [3.8, 4) is 0 Å². The standard InChI is InChI=1S/C16H24N2O3/c1-11(2)8-9-18-16(20)12(3)21-15(19)10-13-6-4-5-7-14(13)17/h4-7,11-12H,8-10,17H2,1-3H3,(H,18,20). The molecule has 1 aromatic carbocycles. The Hall–Kier alpha value is -2.04. The summed E-state index contributed by atoms with van der Waals surface area (Å²) in [6.45, 7) is 6.32. The van der Waals surface area contributed by atoms with E-state index >= 15 is 0 Å². The molecule has 0 heterocycles. The summed E-state index contributed by atoms with van der Waals surface area (Å²) in [5.74, 6) is -0.214. The minimum absolute atomic E-state index is 0.0658. The number of hydrogen-bond acceptors (Lipinski definition) is 4. The average molecular weight is 292 g/mol. The number of carbonyl (C=O) groups excluding carboxylic acids is 2. The number of benzene rings is 1. The Balaban J connectivity index is 2.40. The molecule has 116 valence electrons. The second kappa shape index (κ2) is 8.29. The number of ether oxygens (including phenoxy) is 1. The van der Waals surface area contributed by atoms with Crippen LogP contribution in [-0.2, 0) is 20.7 Å². The topological polar surface area (TPSA) is 81.4 Å². The summed E-state index contributed by atoms with van der Waals surface area (Å²) in [7, 11) is 0. The lowest BCUT2D eigenvalue weighted by atomic mass is 10.1. The number of para-hydroxylation sites is 1. The van der Waals surface area contributed by atoms with Crippen LogP contribution in [0.15, 0.2) is 24.3 Å². The Morgan fingerprint density at radius 1 is 1.24 bits per heavy atom. The SMILES string of the molecule is CC(C)CCNC(=O)C(C)OC(=O)Cc1ccccc1N. The van der Waals surface area contributed by atoms with Crippen LogP contribution in [0.25, 0.3) is 0 Å². The molecular weight excluding hydrogens is 268 g/mol. The van der Waals surface area contributed by atoms with Gasteiger partial charge in [-0.15, -0.1) is 0 Å². The molecule has 5 heteroatoms. The van der Waals surface area contributed by atoms with Crippen molar-refractivity contribution in [2.24, 2.45) is 5.92 Å². The highest BCUT2D eigenvalue weighted by Crippen LogP contribution is 2.12. The molecule has 0 spiro atoms. The monoisotopic (exact) mass is 292 g/mol. The van der Waals surface area contributed by atoms with Crippen molar-refractivity contribution in [3.05, 3.63) is 29.8 Å². The predicted octanol–water partition coefficient (Wildman–Crippen LogP) is 1.91. The minimum Gasteiger partial charge on any atom is -0.452 e. The molecule has 1 aromatic rings. The van der Waals surface area contributed by atoms with Crippen LogP contribution in [0.5, 0.6) is 0 Å². The Kier molecular flexibility index (Phi) is 6.72. The first kappa shape index (κ1) is 17.0. The fourth-order valence-corrected chi connectivity index (χ4v) is 1.77. The zero-order chi connectivity index (χ0) is 15.8. The Morgan fingerprint density at radius 3 is 2.52 bits per heavy atom. The number of anilines is 1. The van der Waals surface area contributed by atoms with Crippen molar-refractivity contribution < 1.29 is 14.3 Å². The molecule has 1 amide bonds. The summed E-state index contributed by atoms with van der Waals surface area (Å²) in [6, 6.07) is 7.10. The Labute approximate surface area is 125 Å². The van der Waals surface area contributed by atoms with Crippen molar-refractivity contribution in [1.82, 2.24) is 5.32 Å². The Bertz CT molecular complexity index is 486. The lowest BCUT2D eigenvalue weighted by molar-refractivity contribution is -0.154. The van der Waals surface area contributed by atoms with E-state index < -0.39 is 12.1 Å². The Morgan fingerprint density at radius 2 is 1.90 bits per heavy atom. The predicted molar refractivity (Wildman–Crippen MR) is 82.6 cm³/mol. The van der Waals surface area contributed by atoms with Gasteiger partial charge in [-0.2, -0.15) is 0 Å². The number of nitrogens with one attached hydrogen (secondary N) is 1. The third-order valence-corrected chi connectivity index (χ3v) is 3.09. The molecule has 0 fully saturated rings. The highest BCUT2D eigenvalue weighted by Gasteiger charge is 2.18. The van der Waals surface area contributed by atoms with E-state index in [1.165, 1.54) is 0 Å². The van der Waals surface area contributed by atoms with Gasteiger partial charge in [0.2, 0.25) is 0 Å². The molecule has 1 unspecified atom stereocenters. The third kappa shape index (κ3) is 6.29. The maximum Gasteiger partial charge on any atom is 0.311 e. The molecule has 1 atom stereocenters. The first-order chi connectivity index (χ1) is 9.90. The summed E-state index contributed by atoms with van der Waals surface area (Å²) >= 11 is 0. The molecule has 1 rings (SSSR count). The van der Waals surface area contributed by atoms with Gasteiger partial charge in [0.1, 0.15) is 0 Å². The summed E-state index contributed by atoms with van der Waals surface area (Å²) in [6.07, 6.45) is 0.165. The number of rotatable bonds is 7. The fraction of sp³-hybridized carbons (Fsp3) is 0.500. The van der Waals surface area contributed by atoms with Gasteiger partial charge >= 0.3 is 5.97 Å². The quantitative estimate of drug-likeness (QED) is 0.594. The molecule has 0 saturated carbocycles. The zero-order valence-corrected chi connectivity index (χ0v) is 12.9. The van der Waals surface area contributed by atoms with Crippen molar-refractivity contribution in [2.45, 2.75) is 39.7 Å². The van der Waals surface area contributed by atoms with Crippen LogP contribution in [0.1, 0.15) is 32.8 Å². The number of nitrogens with two attached hydrogens (primary N) is 1. The highest BCUT2D eigenvalue weighted by molar-refractivity contribution is 5.84. The molecule has 0 aliphatic heterocycles. The molecule has 0 radical (unpaired) electrons. The molecule has 0 saturated heterocycles. The van der Waals surface area contributed by atoms with Crippen LogP contribution in [0.3, 0.4) is 0 Å². The van der Waals surface area contributed by atoms with E-state index in [4.69, 9.17) is 10.5 Å². The van der Waals surface area contributed by atoms with E-state index in [1.807, 2.05) is 0 Å². The lowest BCUT2D eigenvalue weighted by Gasteiger charge is -2.14. The van der Waals surface area contributed by atoms with E-state index in [9.17, 15) is 9.59 Å². The number of esters is 1. The molecule has 21 heavy (non-hydrogen) atoms. The van der Waals surface area contributed by atoms with E-state index in [0.29, 0.717) is 23.7 Å². The maximum absolute atomic E-state index is 11.8. The van der Waals surface area contributed by atoms with Gasteiger partial charge < -0.3 is 15.8 Å². The normalized spacial score (nSPS) is 12.0. The number of amides is 1. The first-order valence-corrected chi connectivity index (χ1v) is 7.20. The summed E-state index contributed by atoms with van der Waals surface area (Å²) in [5.41, 5.74) is 7.01. The zero-order valence-electron chi connectivity index (χ0n) is 12.9. The number of carbonyl (C=O) groups is 2. The summed E-state index contributed by atoms with van der Waals surface area (Å²) in [5, 5.41) is 2.75. The van der Waals surface area contributed by atoms with Gasteiger partial charge in [0.25, 0.3) is 5.91 Å². The maximum atomic E-state index is 11.8. The second-order valence-corrected chi connectivity index (χ2v) is 5.48. The van der Waals surface area contributed by atoms with Gasteiger partial charge in [0.15, 0.2) is 6.10 Å². The van der Waals surface area contributed by atoms with Crippen LogP contribution in [0, 0.1) is 5.92 Å². The first-order valence-electron chi connectivity index (χ1n) is 7.20. The van der Waals surface area contributed by atoms with Crippen molar-refractivity contribution in [1.29, 1.82) is 0 Å².